The second-order valence-corrected chi connectivity index (χ2v) is 5.68. The van der Waals surface area contributed by atoms with Crippen molar-refractivity contribution >= 4 is 5.84 Å². The molecule has 0 bridgehead atoms. The Hall–Kier alpha value is -1.75. The van der Waals surface area contributed by atoms with E-state index in [1.54, 1.807) is 13.2 Å². The highest BCUT2D eigenvalue weighted by atomic mass is 16.5. The van der Waals surface area contributed by atoms with E-state index in [0.29, 0.717) is 12.1 Å². The zero-order valence-electron chi connectivity index (χ0n) is 12.0. The fourth-order valence-electron chi connectivity index (χ4n) is 1.71. The number of hydrogen-bond acceptors (Lipinski definition) is 4. The minimum atomic E-state index is 0.0970. The second-order valence-electron chi connectivity index (χ2n) is 5.68. The van der Waals surface area contributed by atoms with Gasteiger partial charge in [-0.1, -0.05) is 25.9 Å². The van der Waals surface area contributed by atoms with Gasteiger partial charge in [0.15, 0.2) is 5.84 Å². The van der Waals surface area contributed by atoms with E-state index in [0.717, 1.165) is 17.9 Å². The van der Waals surface area contributed by atoms with Gasteiger partial charge in [0, 0.05) is 24.2 Å². The van der Waals surface area contributed by atoms with Gasteiger partial charge in [-0.2, -0.15) is 0 Å². The lowest BCUT2D eigenvalue weighted by Crippen LogP contribution is -2.26. The Labute approximate surface area is 114 Å². The van der Waals surface area contributed by atoms with E-state index in [4.69, 9.17) is 15.7 Å². The fourth-order valence-corrected chi connectivity index (χ4v) is 1.71. The first-order chi connectivity index (χ1) is 8.87. The van der Waals surface area contributed by atoms with Crippen LogP contribution in [0.4, 0.5) is 0 Å². The highest BCUT2D eigenvalue weighted by Gasteiger charge is 2.11. The van der Waals surface area contributed by atoms with Crippen LogP contribution in [-0.4, -0.2) is 24.7 Å². The number of oxime groups is 1. The summed E-state index contributed by atoms with van der Waals surface area (Å²) >= 11 is 0. The Bertz CT molecular complexity index is 450. The molecular weight excluding hydrogens is 242 g/mol. The van der Waals surface area contributed by atoms with Gasteiger partial charge in [0.25, 0.3) is 0 Å². The van der Waals surface area contributed by atoms with Crippen molar-refractivity contribution in [3.63, 3.8) is 0 Å². The van der Waals surface area contributed by atoms with Gasteiger partial charge < -0.3 is 21.0 Å². The predicted molar refractivity (Wildman–Crippen MR) is 76.7 cm³/mol. The standard InChI is InChI=1S/C14H23N3O2/c1-14(2,3)9-16-8-11-7-10(13(15)17-18)5-6-12(11)19-4/h5-7,16,18H,8-9H2,1-4H3,(H2,15,17). The van der Waals surface area contributed by atoms with Crippen LogP contribution in [0.25, 0.3) is 0 Å². The number of hydrogen-bond donors (Lipinski definition) is 3. The fraction of sp³-hybridized carbons (Fsp3) is 0.500. The molecule has 5 nitrogen and oxygen atoms in total. The quantitative estimate of drug-likeness (QED) is 0.329. The molecule has 0 amide bonds. The van der Waals surface area contributed by atoms with Crippen LogP contribution in [-0.2, 0) is 6.54 Å². The van der Waals surface area contributed by atoms with Crippen molar-refractivity contribution in [3.05, 3.63) is 29.3 Å². The highest BCUT2D eigenvalue weighted by molar-refractivity contribution is 5.97. The summed E-state index contributed by atoms with van der Waals surface area (Å²) in [5.41, 5.74) is 7.47. The monoisotopic (exact) mass is 265 g/mol. The van der Waals surface area contributed by atoms with Crippen LogP contribution in [0, 0.1) is 5.41 Å². The molecule has 0 radical (unpaired) electrons. The number of ether oxygens (including phenoxy) is 1. The summed E-state index contributed by atoms with van der Waals surface area (Å²) in [5.74, 6) is 0.885. The average Bonchev–Trinajstić information content (AvgIpc) is 2.36. The summed E-state index contributed by atoms with van der Waals surface area (Å²) in [5, 5.41) is 15.1. The third-order valence-corrected chi connectivity index (χ3v) is 2.65. The molecule has 0 unspecified atom stereocenters. The molecule has 0 atom stereocenters. The first kappa shape index (κ1) is 15.3. The Morgan fingerprint density at radius 2 is 2.11 bits per heavy atom. The van der Waals surface area contributed by atoms with Crippen molar-refractivity contribution in [2.75, 3.05) is 13.7 Å². The van der Waals surface area contributed by atoms with Crippen molar-refractivity contribution in [2.45, 2.75) is 27.3 Å². The highest BCUT2D eigenvalue weighted by Crippen LogP contribution is 2.20. The van der Waals surface area contributed by atoms with Crippen LogP contribution in [0.2, 0.25) is 0 Å². The third kappa shape index (κ3) is 4.79. The molecule has 4 N–H and O–H groups in total. The van der Waals surface area contributed by atoms with Gasteiger partial charge in [0.1, 0.15) is 5.75 Å². The number of amidine groups is 1. The van der Waals surface area contributed by atoms with E-state index in [9.17, 15) is 0 Å². The summed E-state index contributed by atoms with van der Waals surface area (Å²) in [6.45, 7) is 8.08. The molecule has 0 saturated heterocycles. The first-order valence-electron chi connectivity index (χ1n) is 6.23. The molecule has 0 aromatic heterocycles. The Morgan fingerprint density at radius 3 is 2.63 bits per heavy atom. The van der Waals surface area contributed by atoms with E-state index >= 15 is 0 Å². The smallest absolute Gasteiger partial charge is 0.170 e. The van der Waals surface area contributed by atoms with Gasteiger partial charge in [-0.15, -0.1) is 0 Å². The number of benzene rings is 1. The zero-order chi connectivity index (χ0) is 14.5. The maximum absolute atomic E-state index is 8.70. The summed E-state index contributed by atoms with van der Waals surface area (Å²) in [6, 6.07) is 5.45. The molecule has 106 valence electrons. The van der Waals surface area contributed by atoms with Crippen LogP contribution < -0.4 is 15.8 Å². The zero-order valence-corrected chi connectivity index (χ0v) is 12.0. The molecule has 0 spiro atoms. The van der Waals surface area contributed by atoms with Gasteiger partial charge in [-0.3, -0.25) is 0 Å². The number of nitrogens with two attached hydrogens (primary N) is 1. The lowest BCUT2D eigenvalue weighted by Gasteiger charge is -2.19. The summed E-state index contributed by atoms with van der Waals surface area (Å²) in [6.07, 6.45) is 0. The molecule has 0 aliphatic rings. The molecule has 1 aromatic carbocycles. The largest absolute Gasteiger partial charge is 0.496 e. The van der Waals surface area contributed by atoms with Gasteiger partial charge in [0.2, 0.25) is 0 Å². The van der Waals surface area contributed by atoms with Crippen molar-refractivity contribution in [2.24, 2.45) is 16.3 Å². The summed E-state index contributed by atoms with van der Waals surface area (Å²) in [4.78, 5) is 0. The van der Waals surface area contributed by atoms with Crippen molar-refractivity contribution in [1.29, 1.82) is 0 Å². The SMILES string of the molecule is COc1ccc(/C(N)=N/O)cc1CNCC(C)(C)C. The number of rotatable bonds is 5. The Balaban J connectivity index is 2.85. The Kier molecular flexibility index (Phi) is 5.18. The molecule has 0 fully saturated rings. The van der Waals surface area contributed by atoms with E-state index < -0.39 is 0 Å². The molecule has 0 saturated carbocycles. The van der Waals surface area contributed by atoms with E-state index in [-0.39, 0.29) is 11.3 Å². The van der Waals surface area contributed by atoms with Crippen LogP contribution in [0.1, 0.15) is 31.9 Å². The topological polar surface area (TPSA) is 79.9 Å². The molecule has 1 aromatic rings. The van der Waals surface area contributed by atoms with Gasteiger partial charge in [-0.05, 0) is 23.6 Å². The van der Waals surface area contributed by atoms with Crippen molar-refractivity contribution < 1.29 is 9.94 Å². The van der Waals surface area contributed by atoms with E-state index in [2.05, 4.69) is 31.2 Å². The van der Waals surface area contributed by atoms with Gasteiger partial charge >= 0.3 is 0 Å². The van der Waals surface area contributed by atoms with Crippen LogP contribution >= 0.6 is 0 Å². The van der Waals surface area contributed by atoms with Gasteiger partial charge in [-0.25, -0.2) is 0 Å². The number of methoxy groups -OCH3 is 1. The molecule has 19 heavy (non-hydrogen) atoms. The van der Waals surface area contributed by atoms with Crippen molar-refractivity contribution in [1.82, 2.24) is 5.32 Å². The molecule has 1 rings (SSSR count). The normalized spacial score (nSPS) is 12.5. The number of nitrogens with one attached hydrogen (secondary N) is 1. The van der Waals surface area contributed by atoms with Gasteiger partial charge in [0.05, 0.1) is 7.11 Å². The maximum Gasteiger partial charge on any atom is 0.170 e. The average molecular weight is 265 g/mol. The summed E-state index contributed by atoms with van der Waals surface area (Å²) in [7, 11) is 1.63. The molecule has 5 heteroatoms. The molecule has 0 heterocycles. The molecular formula is C14H23N3O2. The second kappa shape index (κ2) is 6.43. The van der Waals surface area contributed by atoms with Crippen LogP contribution in [0.5, 0.6) is 5.75 Å². The third-order valence-electron chi connectivity index (χ3n) is 2.65. The molecule has 0 aliphatic heterocycles. The minimum Gasteiger partial charge on any atom is -0.496 e. The lowest BCUT2D eigenvalue weighted by molar-refractivity contribution is 0.318. The first-order valence-corrected chi connectivity index (χ1v) is 6.23. The van der Waals surface area contributed by atoms with Crippen molar-refractivity contribution in [3.8, 4) is 5.75 Å². The predicted octanol–water partition coefficient (Wildman–Crippen LogP) is 1.93. The Morgan fingerprint density at radius 1 is 1.42 bits per heavy atom. The van der Waals surface area contributed by atoms with Crippen LogP contribution in [0.3, 0.4) is 0 Å². The van der Waals surface area contributed by atoms with Crippen LogP contribution in [0.15, 0.2) is 23.4 Å². The van der Waals surface area contributed by atoms with E-state index in [1.807, 2.05) is 12.1 Å². The maximum atomic E-state index is 8.70. The minimum absolute atomic E-state index is 0.0970. The number of nitrogens with zero attached hydrogens (tertiary/aromatic N) is 1. The summed E-state index contributed by atoms with van der Waals surface area (Å²) < 4.78 is 5.31. The van der Waals surface area contributed by atoms with E-state index in [1.165, 1.54) is 0 Å². The molecule has 0 aliphatic carbocycles. The lowest BCUT2D eigenvalue weighted by atomic mass is 9.97.